The number of carbonyl (C=O) groups is 1. The fourth-order valence-corrected chi connectivity index (χ4v) is 4.15. The number of aryl methyl sites for hydroxylation is 1. The van der Waals surface area contributed by atoms with Crippen LogP contribution in [-0.2, 0) is 17.8 Å². The molecule has 1 aliphatic rings. The van der Waals surface area contributed by atoms with Crippen LogP contribution < -0.4 is 10.9 Å². The summed E-state index contributed by atoms with van der Waals surface area (Å²) in [6, 6.07) is 13.3. The zero-order chi connectivity index (χ0) is 22.0. The molecular weight excluding hydrogens is 396 g/mol. The van der Waals surface area contributed by atoms with Gasteiger partial charge in [-0.05, 0) is 43.0 Å². The average Bonchev–Trinajstić information content (AvgIpc) is 2.76. The monoisotopic (exact) mass is 422 g/mol. The Morgan fingerprint density at radius 1 is 1.13 bits per heavy atom. The molecule has 0 unspecified atom stereocenters. The Labute approximate surface area is 179 Å². The van der Waals surface area contributed by atoms with E-state index in [-0.39, 0.29) is 35.3 Å². The highest BCUT2D eigenvalue weighted by molar-refractivity contribution is 5.89. The number of carbonyl (C=O) groups excluding carboxylic acids is 1. The van der Waals surface area contributed by atoms with Crippen LogP contribution in [0.4, 0.5) is 0 Å². The number of benzene rings is 2. The Morgan fingerprint density at radius 2 is 1.84 bits per heavy atom. The molecule has 0 saturated carbocycles. The van der Waals surface area contributed by atoms with Crippen LogP contribution in [0.1, 0.15) is 29.5 Å². The summed E-state index contributed by atoms with van der Waals surface area (Å²) in [4.78, 5) is 27.4. The van der Waals surface area contributed by atoms with Crippen molar-refractivity contribution in [2.45, 2.75) is 38.8 Å². The van der Waals surface area contributed by atoms with Crippen LogP contribution in [0.15, 0.2) is 51.7 Å². The van der Waals surface area contributed by atoms with Gasteiger partial charge in [-0.3, -0.25) is 9.69 Å². The predicted octanol–water partition coefficient (Wildman–Crippen LogP) is 2.84. The van der Waals surface area contributed by atoms with Crippen LogP contribution in [0.5, 0.6) is 11.5 Å². The Balaban J connectivity index is 1.38. The van der Waals surface area contributed by atoms with E-state index < -0.39 is 11.4 Å². The number of phenolic OH excluding ortho intramolecular Hbond substituents is 2. The van der Waals surface area contributed by atoms with Crippen molar-refractivity contribution in [3.8, 4) is 11.5 Å². The largest absolute Gasteiger partial charge is 0.504 e. The Kier molecular flexibility index (Phi) is 5.95. The van der Waals surface area contributed by atoms with Gasteiger partial charge in [-0.1, -0.05) is 30.3 Å². The van der Waals surface area contributed by atoms with Crippen molar-refractivity contribution in [3.63, 3.8) is 0 Å². The number of rotatable bonds is 5. The highest BCUT2D eigenvalue weighted by atomic mass is 16.4. The minimum Gasteiger partial charge on any atom is -0.504 e. The highest BCUT2D eigenvalue weighted by Crippen LogP contribution is 2.34. The van der Waals surface area contributed by atoms with E-state index in [1.807, 2.05) is 18.2 Å². The van der Waals surface area contributed by atoms with Gasteiger partial charge in [0.1, 0.15) is 0 Å². The molecule has 3 aromatic rings. The van der Waals surface area contributed by atoms with Gasteiger partial charge < -0.3 is 19.9 Å². The number of piperidine rings is 1. The van der Waals surface area contributed by atoms with Gasteiger partial charge in [0, 0.05) is 31.1 Å². The fraction of sp³-hybridized carbons (Fsp3) is 0.333. The molecule has 1 amide bonds. The number of fused-ring (bicyclic) bond motifs is 1. The molecule has 3 N–H and O–H groups in total. The van der Waals surface area contributed by atoms with E-state index >= 15 is 0 Å². The summed E-state index contributed by atoms with van der Waals surface area (Å²) in [6.45, 7) is 4.42. The van der Waals surface area contributed by atoms with Crippen LogP contribution in [0, 0.1) is 6.92 Å². The number of nitrogens with one attached hydrogen (secondary N) is 1. The van der Waals surface area contributed by atoms with E-state index in [2.05, 4.69) is 22.3 Å². The minimum atomic E-state index is -0.682. The summed E-state index contributed by atoms with van der Waals surface area (Å²) in [6.07, 6.45) is 1.63. The molecule has 0 aliphatic carbocycles. The molecule has 0 bridgehead atoms. The van der Waals surface area contributed by atoms with Crippen molar-refractivity contribution in [1.29, 1.82) is 0 Å². The van der Waals surface area contributed by atoms with Gasteiger partial charge >= 0.3 is 5.63 Å². The maximum Gasteiger partial charge on any atom is 0.340 e. The summed E-state index contributed by atoms with van der Waals surface area (Å²) in [5.41, 5.74) is 1.35. The van der Waals surface area contributed by atoms with E-state index in [0.717, 1.165) is 32.5 Å². The molecule has 31 heavy (non-hydrogen) atoms. The van der Waals surface area contributed by atoms with E-state index in [4.69, 9.17) is 4.42 Å². The number of hydrogen-bond acceptors (Lipinski definition) is 6. The fourth-order valence-electron chi connectivity index (χ4n) is 4.15. The first-order chi connectivity index (χ1) is 14.9. The van der Waals surface area contributed by atoms with Gasteiger partial charge in [-0.15, -0.1) is 0 Å². The zero-order valence-electron chi connectivity index (χ0n) is 17.4. The van der Waals surface area contributed by atoms with Crippen LogP contribution in [0.2, 0.25) is 0 Å². The van der Waals surface area contributed by atoms with Crippen molar-refractivity contribution >= 4 is 16.9 Å². The van der Waals surface area contributed by atoms with Crippen molar-refractivity contribution in [3.05, 3.63) is 69.6 Å². The third-order valence-corrected chi connectivity index (χ3v) is 5.95. The maximum absolute atomic E-state index is 12.6. The molecule has 1 aliphatic heterocycles. The first-order valence-electron chi connectivity index (χ1n) is 10.4. The van der Waals surface area contributed by atoms with Crippen molar-refractivity contribution in [1.82, 2.24) is 10.2 Å². The molecule has 2 aromatic carbocycles. The standard InChI is InChI=1S/C24H26N2O5/c1-15-18-7-8-20(27)22(29)23(18)31-24(30)19(15)13-21(28)25-17-9-11-26(12-10-17)14-16-5-3-2-4-6-16/h2-8,17,27,29H,9-14H2,1H3,(H,25,28). The van der Waals surface area contributed by atoms with Gasteiger partial charge in [-0.25, -0.2) is 4.79 Å². The second-order valence-electron chi connectivity index (χ2n) is 8.08. The molecule has 0 radical (unpaired) electrons. The molecule has 0 atom stereocenters. The number of likely N-dealkylation sites (tertiary alicyclic amines) is 1. The van der Waals surface area contributed by atoms with Gasteiger partial charge in [-0.2, -0.15) is 0 Å². The molecule has 1 saturated heterocycles. The topological polar surface area (TPSA) is 103 Å². The summed E-state index contributed by atoms with van der Waals surface area (Å²) in [5, 5.41) is 23.1. The summed E-state index contributed by atoms with van der Waals surface area (Å²) < 4.78 is 5.19. The van der Waals surface area contributed by atoms with Crippen LogP contribution in [0.25, 0.3) is 11.0 Å². The van der Waals surface area contributed by atoms with Gasteiger partial charge in [0.05, 0.1) is 12.0 Å². The van der Waals surface area contributed by atoms with Crippen molar-refractivity contribution in [2.75, 3.05) is 13.1 Å². The number of amides is 1. The predicted molar refractivity (Wildman–Crippen MR) is 117 cm³/mol. The van der Waals surface area contributed by atoms with Crippen LogP contribution >= 0.6 is 0 Å². The smallest absolute Gasteiger partial charge is 0.340 e. The Hall–Kier alpha value is -3.32. The second-order valence-corrected chi connectivity index (χ2v) is 8.08. The lowest BCUT2D eigenvalue weighted by Crippen LogP contribution is -2.45. The Bertz CT molecular complexity index is 1150. The number of aromatic hydroxyl groups is 2. The maximum atomic E-state index is 12.6. The molecule has 2 heterocycles. The quantitative estimate of drug-likeness (QED) is 0.432. The molecule has 1 aromatic heterocycles. The molecule has 4 rings (SSSR count). The third kappa shape index (κ3) is 4.56. The number of phenols is 2. The molecule has 7 nitrogen and oxygen atoms in total. The number of hydrogen-bond donors (Lipinski definition) is 3. The van der Waals surface area contributed by atoms with E-state index in [9.17, 15) is 19.8 Å². The van der Waals surface area contributed by atoms with Crippen LogP contribution in [0.3, 0.4) is 0 Å². The zero-order valence-corrected chi connectivity index (χ0v) is 17.4. The lowest BCUT2D eigenvalue weighted by atomic mass is 10.0. The average molecular weight is 422 g/mol. The first-order valence-corrected chi connectivity index (χ1v) is 10.4. The summed E-state index contributed by atoms with van der Waals surface area (Å²) in [5.74, 6) is -1.06. The van der Waals surface area contributed by atoms with E-state index in [1.54, 1.807) is 13.0 Å². The molecule has 162 valence electrons. The van der Waals surface area contributed by atoms with Gasteiger partial charge in [0.2, 0.25) is 11.7 Å². The lowest BCUT2D eigenvalue weighted by Gasteiger charge is -2.32. The lowest BCUT2D eigenvalue weighted by molar-refractivity contribution is -0.121. The second kappa shape index (κ2) is 8.81. The molecule has 7 heteroatoms. The highest BCUT2D eigenvalue weighted by Gasteiger charge is 2.23. The first kappa shape index (κ1) is 20.9. The molecular formula is C24H26N2O5. The van der Waals surface area contributed by atoms with Crippen molar-refractivity contribution in [2.24, 2.45) is 0 Å². The SMILES string of the molecule is Cc1c(CC(=O)NC2CCN(Cc3ccccc3)CC2)c(=O)oc2c(O)c(O)ccc12. The molecule has 0 spiro atoms. The van der Waals surface area contributed by atoms with E-state index in [0.29, 0.717) is 10.9 Å². The summed E-state index contributed by atoms with van der Waals surface area (Å²) >= 11 is 0. The number of nitrogens with zero attached hydrogens (tertiary/aromatic N) is 1. The van der Waals surface area contributed by atoms with Crippen LogP contribution in [-0.4, -0.2) is 40.2 Å². The Morgan fingerprint density at radius 3 is 2.55 bits per heavy atom. The third-order valence-electron chi connectivity index (χ3n) is 5.95. The minimum absolute atomic E-state index is 0.0718. The van der Waals surface area contributed by atoms with E-state index in [1.165, 1.54) is 11.6 Å². The van der Waals surface area contributed by atoms with Gasteiger partial charge in [0.15, 0.2) is 11.3 Å². The normalized spacial score (nSPS) is 15.3. The molecule has 1 fully saturated rings. The van der Waals surface area contributed by atoms with Gasteiger partial charge in [0.25, 0.3) is 0 Å². The van der Waals surface area contributed by atoms with Crippen molar-refractivity contribution < 1.29 is 19.4 Å². The summed E-state index contributed by atoms with van der Waals surface area (Å²) in [7, 11) is 0.